The summed E-state index contributed by atoms with van der Waals surface area (Å²) in [5.74, 6) is -0.896. The smallest absolute Gasteiger partial charge is 0.335 e. The summed E-state index contributed by atoms with van der Waals surface area (Å²) in [5, 5.41) is 9.03. The molecule has 0 bridgehead atoms. The highest BCUT2D eigenvalue weighted by atomic mass is 16.4. The first kappa shape index (κ1) is 19.8. The van der Waals surface area contributed by atoms with Crippen LogP contribution in [0, 0.1) is 0 Å². The molecule has 1 N–H and O–H groups in total. The lowest BCUT2D eigenvalue weighted by atomic mass is 10.0. The Hall–Kier alpha value is -2.91. The lowest BCUT2D eigenvalue weighted by Crippen LogP contribution is -2.23. The first-order valence-corrected chi connectivity index (χ1v) is 9.84. The molecular formula is C25H27NO2. The first-order chi connectivity index (χ1) is 13.7. The van der Waals surface area contributed by atoms with Crippen molar-refractivity contribution in [3.05, 3.63) is 95.6 Å². The zero-order chi connectivity index (χ0) is 19.8. The van der Waals surface area contributed by atoms with E-state index in [0.717, 1.165) is 30.8 Å². The van der Waals surface area contributed by atoms with E-state index in [0.29, 0.717) is 5.56 Å². The normalized spacial score (nSPS) is 10.9. The minimum atomic E-state index is -0.896. The molecule has 0 unspecified atom stereocenters. The quantitative estimate of drug-likeness (QED) is 0.511. The summed E-state index contributed by atoms with van der Waals surface area (Å²) in [6.45, 7) is 5.20. The summed E-state index contributed by atoms with van der Waals surface area (Å²) in [5.41, 5.74) is 5.08. The Morgan fingerprint density at radius 3 is 1.86 bits per heavy atom. The summed E-state index contributed by atoms with van der Waals surface area (Å²) in [6.07, 6.45) is 2.39. The van der Waals surface area contributed by atoms with Gasteiger partial charge >= 0.3 is 5.97 Å². The van der Waals surface area contributed by atoms with Gasteiger partial charge in [-0.1, -0.05) is 80.1 Å². The van der Waals surface area contributed by atoms with Gasteiger partial charge in [-0.15, -0.1) is 0 Å². The van der Waals surface area contributed by atoms with Gasteiger partial charge in [0.2, 0.25) is 0 Å². The van der Waals surface area contributed by atoms with Gasteiger partial charge in [-0.05, 0) is 47.4 Å². The summed E-state index contributed by atoms with van der Waals surface area (Å²) in [4.78, 5) is 13.5. The van der Waals surface area contributed by atoms with Crippen LogP contribution in [0.25, 0.3) is 11.1 Å². The largest absolute Gasteiger partial charge is 0.478 e. The summed E-state index contributed by atoms with van der Waals surface area (Å²) in [7, 11) is 0. The third-order valence-electron chi connectivity index (χ3n) is 4.90. The molecule has 3 rings (SSSR count). The molecule has 0 aliphatic heterocycles. The number of hydrogen-bond acceptors (Lipinski definition) is 2. The first-order valence-electron chi connectivity index (χ1n) is 9.84. The molecule has 0 saturated carbocycles. The minimum Gasteiger partial charge on any atom is -0.478 e. The molecule has 3 heteroatoms. The van der Waals surface area contributed by atoms with Crippen LogP contribution in [0.5, 0.6) is 0 Å². The van der Waals surface area contributed by atoms with Crippen LogP contribution in [0.2, 0.25) is 0 Å². The molecule has 3 nitrogen and oxygen atoms in total. The lowest BCUT2D eigenvalue weighted by Gasteiger charge is -2.22. The molecule has 0 aromatic heterocycles. The summed E-state index contributed by atoms with van der Waals surface area (Å²) >= 11 is 0. The van der Waals surface area contributed by atoms with Crippen molar-refractivity contribution in [3.8, 4) is 11.1 Å². The van der Waals surface area contributed by atoms with Crippen molar-refractivity contribution in [3.63, 3.8) is 0 Å². The van der Waals surface area contributed by atoms with Crippen molar-refractivity contribution in [1.29, 1.82) is 0 Å². The van der Waals surface area contributed by atoms with Crippen LogP contribution in [0.4, 0.5) is 0 Å². The highest BCUT2D eigenvalue weighted by Gasteiger charge is 2.08. The summed E-state index contributed by atoms with van der Waals surface area (Å²) < 4.78 is 0. The second-order valence-corrected chi connectivity index (χ2v) is 7.13. The number of nitrogens with zero attached hydrogens (tertiary/aromatic N) is 1. The number of carboxylic acid groups (broad SMARTS) is 1. The van der Waals surface area contributed by atoms with E-state index < -0.39 is 5.97 Å². The Bertz CT molecular complexity index is 871. The monoisotopic (exact) mass is 373 g/mol. The highest BCUT2D eigenvalue weighted by molar-refractivity contribution is 5.88. The third-order valence-corrected chi connectivity index (χ3v) is 4.90. The molecule has 0 radical (unpaired) electrons. The zero-order valence-corrected chi connectivity index (χ0v) is 16.3. The van der Waals surface area contributed by atoms with Crippen LogP contribution in [-0.2, 0) is 13.1 Å². The molecule has 0 atom stereocenters. The van der Waals surface area contributed by atoms with E-state index in [1.807, 2.05) is 12.1 Å². The Morgan fingerprint density at radius 1 is 0.786 bits per heavy atom. The van der Waals surface area contributed by atoms with Gasteiger partial charge in [-0.25, -0.2) is 4.79 Å². The van der Waals surface area contributed by atoms with E-state index in [1.54, 1.807) is 12.1 Å². The fourth-order valence-electron chi connectivity index (χ4n) is 3.30. The third kappa shape index (κ3) is 5.54. The maximum Gasteiger partial charge on any atom is 0.335 e. The number of benzene rings is 3. The van der Waals surface area contributed by atoms with E-state index in [2.05, 4.69) is 66.4 Å². The van der Waals surface area contributed by atoms with E-state index in [-0.39, 0.29) is 0 Å². The SMILES string of the molecule is CCCCN(Cc1ccccc1)Cc1ccc(-c2ccc(C(=O)O)cc2)cc1. The molecule has 144 valence electrons. The van der Waals surface area contributed by atoms with E-state index in [4.69, 9.17) is 5.11 Å². The molecule has 0 spiro atoms. The van der Waals surface area contributed by atoms with Crippen LogP contribution in [0.1, 0.15) is 41.3 Å². The molecular weight excluding hydrogens is 346 g/mol. The highest BCUT2D eigenvalue weighted by Crippen LogP contribution is 2.21. The average Bonchev–Trinajstić information content (AvgIpc) is 2.73. The van der Waals surface area contributed by atoms with E-state index >= 15 is 0 Å². The molecule has 0 saturated heterocycles. The molecule has 0 amide bonds. The van der Waals surface area contributed by atoms with Crippen LogP contribution in [0.3, 0.4) is 0 Å². The number of hydrogen-bond donors (Lipinski definition) is 1. The Kier molecular flexibility index (Phi) is 6.99. The molecule has 0 aliphatic rings. The molecule has 0 heterocycles. The number of unbranched alkanes of at least 4 members (excludes halogenated alkanes) is 1. The number of rotatable bonds is 9. The maximum atomic E-state index is 11.0. The van der Waals surface area contributed by atoms with Crippen LogP contribution >= 0.6 is 0 Å². The lowest BCUT2D eigenvalue weighted by molar-refractivity contribution is 0.0697. The molecule has 0 fully saturated rings. The zero-order valence-electron chi connectivity index (χ0n) is 16.3. The van der Waals surface area contributed by atoms with Crippen molar-refractivity contribution >= 4 is 5.97 Å². The van der Waals surface area contributed by atoms with Gasteiger partial charge in [0.15, 0.2) is 0 Å². The van der Waals surface area contributed by atoms with Gasteiger partial charge in [0, 0.05) is 13.1 Å². The predicted molar refractivity (Wildman–Crippen MR) is 114 cm³/mol. The standard InChI is InChI=1S/C25H27NO2/c1-2-3-17-26(18-20-7-5-4-6-8-20)19-21-9-11-22(12-10-21)23-13-15-24(16-14-23)25(27)28/h4-16H,2-3,17-19H2,1H3,(H,27,28). The molecule has 3 aromatic carbocycles. The number of carboxylic acids is 1. The van der Waals surface area contributed by atoms with Crippen molar-refractivity contribution in [2.24, 2.45) is 0 Å². The van der Waals surface area contributed by atoms with Crippen LogP contribution in [-0.4, -0.2) is 22.5 Å². The summed E-state index contributed by atoms with van der Waals surface area (Å²) in [6, 6.07) is 26.2. The van der Waals surface area contributed by atoms with Gasteiger partial charge in [0.25, 0.3) is 0 Å². The molecule has 28 heavy (non-hydrogen) atoms. The Labute approximate surface area is 167 Å². The molecule has 3 aromatic rings. The van der Waals surface area contributed by atoms with Gasteiger partial charge < -0.3 is 5.11 Å². The van der Waals surface area contributed by atoms with Crippen molar-refractivity contribution < 1.29 is 9.90 Å². The van der Waals surface area contributed by atoms with Crippen molar-refractivity contribution in [2.45, 2.75) is 32.9 Å². The fraction of sp³-hybridized carbons (Fsp3) is 0.240. The van der Waals surface area contributed by atoms with Gasteiger partial charge in [-0.3, -0.25) is 4.90 Å². The van der Waals surface area contributed by atoms with E-state index in [9.17, 15) is 4.79 Å². The average molecular weight is 373 g/mol. The second-order valence-electron chi connectivity index (χ2n) is 7.13. The van der Waals surface area contributed by atoms with Crippen LogP contribution in [0.15, 0.2) is 78.9 Å². The predicted octanol–water partition coefficient (Wildman–Crippen LogP) is 5.85. The van der Waals surface area contributed by atoms with Gasteiger partial charge in [-0.2, -0.15) is 0 Å². The van der Waals surface area contributed by atoms with Crippen molar-refractivity contribution in [2.75, 3.05) is 6.54 Å². The van der Waals surface area contributed by atoms with Gasteiger partial charge in [0.1, 0.15) is 0 Å². The maximum absolute atomic E-state index is 11.0. The minimum absolute atomic E-state index is 0.313. The van der Waals surface area contributed by atoms with Crippen LogP contribution < -0.4 is 0 Å². The fourth-order valence-corrected chi connectivity index (χ4v) is 3.30. The van der Waals surface area contributed by atoms with Gasteiger partial charge in [0.05, 0.1) is 5.56 Å². The topological polar surface area (TPSA) is 40.5 Å². The number of aromatic carboxylic acids is 1. The Morgan fingerprint density at radius 2 is 1.32 bits per heavy atom. The van der Waals surface area contributed by atoms with Crippen molar-refractivity contribution in [1.82, 2.24) is 4.90 Å². The van der Waals surface area contributed by atoms with E-state index in [1.165, 1.54) is 24.0 Å². The second kappa shape index (κ2) is 9.86. The number of carbonyl (C=O) groups is 1. The molecule has 0 aliphatic carbocycles. The Balaban J connectivity index is 1.68.